The molecule has 1 saturated heterocycles. The average molecular weight is 529 g/mol. The zero-order valence-corrected chi connectivity index (χ0v) is 22.3. The monoisotopic (exact) mass is 528 g/mol. The summed E-state index contributed by atoms with van der Waals surface area (Å²) in [4.78, 5) is 26.4. The second-order valence-electron chi connectivity index (χ2n) is 10.4. The summed E-state index contributed by atoms with van der Waals surface area (Å²) in [5, 5.41) is 18.0. The number of nitrogens with one attached hydrogen (secondary N) is 2. The van der Waals surface area contributed by atoms with E-state index >= 15 is 4.39 Å². The van der Waals surface area contributed by atoms with Crippen LogP contribution in [0.4, 0.5) is 10.1 Å². The molecule has 0 saturated carbocycles. The van der Waals surface area contributed by atoms with E-state index in [-0.39, 0.29) is 18.0 Å². The minimum Gasteiger partial charge on any atom is -0.366 e. The van der Waals surface area contributed by atoms with Crippen molar-refractivity contribution in [1.29, 1.82) is 5.26 Å². The van der Waals surface area contributed by atoms with Crippen molar-refractivity contribution in [2.45, 2.75) is 64.0 Å². The molecular formula is C29H33FN8O. The summed E-state index contributed by atoms with van der Waals surface area (Å²) in [5.74, 6) is -0.948. The fourth-order valence-corrected chi connectivity index (χ4v) is 5.27. The van der Waals surface area contributed by atoms with Gasteiger partial charge in [0.2, 0.25) is 0 Å². The van der Waals surface area contributed by atoms with E-state index in [1.165, 1.54) is 24.9 Å². The van der Waals surface area contributed by atoms with Crippen LogP contribution in [0.2, 0.25) is 0 Å². The highest BCUT2D eigenvalue weighted by Gasteiger charge is 2.46. The molecule has 1 fully saturated rings. The van der Waals surface area contributed by atoms with Crippen molar-refractivity contribution in [2.75, 3.05) is 18.0 Å². The number of benzene rings is 1. The first kappa shape index (κ1) is 26.4. The zero-order chi connectivity index (χ0) is 27.4. The standard InChI is InChI=1S/C29H33FN8O/c1-3-4-5-6-7-20(2)36-28(39)23-9-8-22(14-25(23)30)37-17-29(18-37,11-12-31)38-16-21(15-35-38)26-24-10-13-32-27(24)34-19-33-26/h8-10,13-16,19-20H,3-7,11,17-18H2,1-2H3,(H,36,39)(H,32,33,34)/t20-/m0/s1. The Morgan fingerprint density at radius 1 is 1.26 bits per heavy atom. The number of hydrogen-bond donors (Lipinski definition) is 2. The molecule has 10 heteroatoms. The minimum absolute atomic E-state index is 0.00920. The Morgan fingerprint density at radius 2 is 2.10 bits per heavy atom. The molecule has 1 aliphatic heterocycles. The normalized spacial score (nSPS) is 15.1. The Morgan fingerprint density at radius 3 is 2.87 bits per heavy atom. The highest BCUT2D eigenvalue weighted by atomic mass is 19.1. The van der Waals surface area contributed by atoms with Gasteiger partial charge in [0.05, 0.1) is 29.9 Å². The maximum absolute atomic E-state index is 15.0. The van der Waals surface area contributed by atoms with Crippen LogP contribution < -0.4 is 10.2 Å². The predicted octanol–water partition coefficient (Wildman–Crippen LogP) is 5.18. The van der Waals surface area contributed by atoms with Crippen molar-refractivity contribution in [3.63, 3.8) is 0 Å². The van der Waals surface area contributed by atoms with Crippen molar-refractivity contribution >= 4 is 22.6 Å². The van der Waals surface area contributed by atoms with Crippen molar-refractivity contribution in [1.82, 2.24) is 30.0 Å². The van der Waals surface area contributed by atoms with Crippen LogP contribution >= 0.6 is 0 Å². The van der Waals surface area contributed by atoms with Gasteiger partial charge in [-0.3, -0.25) is 9.48 Å². The van der Waals surface area contributed by atoms with Gasteiger partial charge >= 0.3 is 0 Å². The van der Waals surface area contributed by atoms with Gasteiger partial charge in [0.25, 0.3) is 5.91 Å². The van der Waals surface area contributed by atoms with Gasteiger partial charge in [-0.1, -0.05) is 32.6 Å². The number of fused-ring (bicyclic) bond motifs is 1. The fourth-order valence-electron chi connectivity index (χ4n) is 5.27. The number of nitrogens with zero attached hydrogens (tertiary/aromatic N) is 6. The first-order chi connectivity index (χ1) is 18.9. The number of aromatic nitrogens is 5. The van der Waals surface area contributed by atoms with E-state index in [9.17, 15) is 10.1 Å². The van der Waals surface area contributed by atoms with Crippen molar-refractivity contribution < 1.29 is 9.18 Å². The fraction of sp³-hybridized carbons (Fsp3) is 0.414. The van der Waals surface area contributed by atoms with Crippen LogP contribution in [0.15, 0.2) is 49.2 Å². The van der Waals surface area contributed by atoms with E-state index in [0.29, 0.717) is 18.8 Å². The molecule has 0 spiro atoms. The van der Waals surface area contributed by atoms with Crippen LogP contribution in [0.25, 0.3) is 22.3 Å². The molecule has 1 atom stereocenters. The lowest BCUT2D eigenvalue weighted by Crippen LogP contribution is -2.63. The second-order valence-corrected chi connectivity index (χ2v) is 10.4. The van der Waals surface area contributed by atoms with Gasteiger partial charge < -0.3 is 15.2 Å². The maximum atomic E-state index is 15.0. The van der Waals surface area contributed by atoms with Crippen LogP contribution in [0, 0.1) is 17.1 Å². The van der Waals surface area contributed by atoms with E-state index in [1.807, 2.05) is 35.0 Å². The predicted molar refractivity (Wildman–Crippen MR) is 148 cm³/mol. The van der Waals surface area contributed by atoms with Crippen LogP contribution in [-0.2, 0) is 5.54 Å². The molecular weight excluding hydrogens is 495 g/mol. The van der Waals surface area contributed by atoms with E-state index in [1.54, 1.807) is 12.3 Å². The Bertz CT molecular complexity index is 1500. The molecule has 3 aromatic heterocycles. The lowest BCUT2D eigenvalue weighted by molar-refractivity contribution is 0.0933. The third kappa shape index (κ3) is 5.35. The van der Waals surface area contributed by atoms with Crippen molar-refractivity contribution in [3.05, 3.63) is 60.6 Å². The van der Waals surface area contributed by atoms with E-state index in [2.05, 4.69) is 38.4 Å². The van der Waals surface area contributed by atoms with E-state index in [4.69, 9.17) is 0 Å². The second kappa shape index (κ2) is 11.2. The summed E-state index contributed by atoms with van der Waals surface area (Å²) in [5.41, 5.74) is 2.51. The largest absolute Gasteiger partial charge is 0.366 e. The van der Waals surface area contributed by atoms with Crippen molar-refractivity contribution in [3.8, 4) is 17.3 Å². The molecule has 0 bridgehead atoms. The minimum atomic E-state index is -0.554. The summed E-state index contributed by atoms with van der Waals surface area (Å²) in [6.45, 7) is 5.10. The highest BCUT2D eigenvalue weighted by Crippen LogP contribution is 2.37. The number of nitriles is 1. The quantitative estimate of drug-likeness (QED) is 0.259. The van der Waals surface area contributed by atoms with Crippen LogP contribution in [0.5, 0.6) is 0 Å². The molecule has 202 valence electrons. The smallest absolute Gasteiger partial charge is 0.254 e. The molecule has 39 heavy (non-hydrogen) atoms. The Balaban J connectivity index is 1.26. The van der Waals surface area contributed by atoms with E-state index in [0.717, 1.165) is 48.0 Å². The lowest BCUT2D eigenvalue weighted by Gasteiger charge is -2.50. The van der Waals surface area contributed by atoms with Gasteiger partial charge in [-0.2, -0.15) is 10.4 Å². The van der Waals surface area contributed by atoms with E-state index < -0.39 is 17.3 Å². The molecule has 1 amide bonds. The number of amides is 1. The molecule has 0 unspecified atom stereocenters. The first-order valence-corrected chi connectivity index (χ1v) is 13.5. The number of anilines is 1. The molecule has 9 nitrogen and oxygen atoms in total. The van der Waals surface area contributed by atoms with Gasteiger partial charge in [-0.25, -0.2) is 14.4 Å². The van der Waals surface area contributed by atoms with Crippen LogP contribution in [-0.4, -0.2) is 49.8 Å². The molecule has 4 heterocycles. The third-order valence-corrected chi connectivity index (χ3v) is 7.51. The average Bonchev–Trinajstić information content (AvgIpc) is 3.58. The Labute approximate surface area is 227 Å². The topological polar surface area (TPSA) is 116 Å². The number of halogens is 1. The molecule has 4 aromatic rings. The van der Waals surface area contributed by atoms with Crippen LogP contribution in [0.3, 0.4) is 0 Å². The number of unbranched alkanes of at least 4 members (excludes halogenated alkanes) is 3. The van der Waals surface area contributed by atoms with Gasteiger partial charge in [-0.05, 0) is 37.6 Å². The highest BCUT2D eigenvalue weighted by molar-refractivity contribution is 5.95. The molecule has 0 radical (unpaired) electrons. The summed E-state index contributed by atoms with van der Waals surface area (Å²) in [6, 6.07) is 8.90. The van der Waals surface area contributed by atoms with Gasteiger partial charge in [0.1, 0.15) is 23.3 Å². The van der Waals surface area contributed by atoms with Gasteiger partial charge in [0, 0.05) is 48.2 Å². The number of H-pyrrole nitrogens is 1. The Kier molecular flexibility index (Phi) is 7.59. The summed E-state index contributed by atoms with van der Waals surface area (Å²) < 4.78 is 16.8. The third-order valence-electron chi connectivity index (χ3n) is 7.51. The maximum Gasteiger partial charge on any atom is 0.254 e. The molecule has 1 aromatic carbocycles. The summed E-state index contributed by atoms with van der Waals surface area (Å²) in [6.07, 6.45) is 12.6. The molecule has 1 aliphatic rings. The van der Waals surface area contributed by atoms with Crippen molar-refractivity contribution in [2.24, 2.45) is 0 Å². The Hall–Kier alpha value is -4.26. The lowest BCUT2D eigenvalue weighted by atomic mass is 9.86. The number of rotatable bonds is 11. The molecule has 5 rings (SSSR count). The summed E-state index contributed by atoms with van der Waals surface area (Å²) in [7, 11) is 0. The number of carbonyl (C=O) groups excluding carboxylic acids is 1. The molecule has 2 N–H and O–H groups in total. The van der Waals surface area contributed by atoms with Gasteiger partial charge in [-0.15, -0.1) is 0 Å². The molecule has 0 aliphatic carbocycles. The number of hydrogen-bond acceptors (Lipinski definition) is 6. The number of aromatic amines is 1. The first-order valence-electron chi connectivity index (χ1n) is 13.5. The van der Waals surface area contributed by atoms with Crippen LogP contribution in [0.1, 0.15) is 62.7 Å². The van der Waals surface area contributed by atoms with Gasteiger partial charge in [0.15, 0.2) is 0 Å². The SMILES string of the molecule is CCCCCC[C@H](C)NC(=O)c1ccc(N2CC(CC#N)(n3cc(-c4ncnc5[nH]ccc45)cn3)C2)cc1F. The zero-order valence-electron chi connectivity index (χ0n) is 22.3. The summed E-state index contributed by atoms with van der Waals surface area (Å²) >= 11 is 0. The number of carbonyl (C=O) groups is 1.